The second-order valence-corrected chi connectivity index (χ2v) is 7.47. The maximum Gasteiger partial charge on any atom is 0.305 e. The van der Waals surface area contributed by atoms with Crippen LogP contribution in [-0.2, 0) is 20.7 Å². The molecule has 0 saturated carbocycles. The molecule has 1 unspecified atom stereocenters. The summed E-state index contributed by atoms with van der Waals surface area (Å²) in [4.78, 5) is 11.2. The molecule has 1 aliphatic rings. The highest BCUT2D eigenvalue weighted by atomic mass is 16.5. The van der Waals surface area contributed by atoms with Crippen LogP contribution in [-0.4, -0.2) is 19.7 Å². The monoisotopic (exact) mass is 409 g/mol. The van der Waals surface area contributed by atoms with Gasteiger partial charge in [-0.05, 0) is 56.7 Å². The summed E-state index contributed by atoms with van der Waals surface area (Å²) in [5, 5.41) is 3.47. The summed E-state index contributed by atoms with van der Waals surface area (Å²) in [6, 6.07) is 18.4. The van der Waals surface area contributed by atoms with Gasteiger partial charge in [-0.25, -0.2) is 0 Å². The zero-order chi connectivity index (χ0) is 21.2. The maximum atomic E-state index is 11.2. The van der Waals surface area contributed by atoms with E-state index >= 15 is 0 Å². The number of hydrogen-bond donors (Lipinski definition) is 1. The van der Waals surface area contributed by atoms with Crippen molar-refractivity contribution >= 4 is 5.97 Å². The van der Waals surface area contributed by atoms with Crippen molar-refractivity contribution in [1.82, 2.24) is 5.32 Å². The van der Waals surface area contributed by atoms with Crippen LogP contribution in [0.5, 0.6) is 5.75 Å². The fourth-order valence-corrected chi connectivity index (χ4v) is 3.49. The molecule has 1 aliphatic heterocycles. The molecule has 0 fully saturated rings. The number of aryl methyl sites for hydroxylation is 1. The largest absolute Gasteiger partial charge is 0.494 e. The molecule has 5 heteroatoms. The lowest BCUT2D eigenvalue weighted by molar-refractivity contribution is -0.140. The molecule has 1 N–H and O–H groups in total. The Morgan fingerprint density at radius 1 is 1.03 bits per heavy atom. The van der Waals surface area contributed by atoms with E-state index < -0.39 is 0 Å². The summed E-state index contributed by atoms with van der Waals surface area (Å²) in [5.41, 5.74) is 3.51. The van der Waals surface area contributed by atoms with Crippen LogP contribution in [0.2, 0.25) is 0 Å². The Balaban J connectivity index is 1.37. The van der Waals surface area contributed by atoms with Crippen LogP contribution in [0.1, 0.15) is 56.4 Å². The average molecular weight is 410 g/mol. The van der Waals surface area contributed by atoms with Crippen LogP contribution in [0.25, 0.3) is 0 Å². The zero-order valence-corrected chi connectivity index (χ0v) is 17.9. The number of benzene rings is 2. The van der Waals surface area contributed by atoms with E-state index in [-0.39, 0.29) is 12.2 Å². The third kappa shape index (κ3) is 6.55. The number of esters is 1. The van der Waals surface area contributed by atoms with Gasteiger partial charge in [0.05, 0.1) is 19.4 Å². The predicted octanol–water partition coefficient (Wildman–Crippen LogP) is 5.28. The van der Waals surface area contributed by atoms with Crippen LogP contribution in [0, 0.1) is 0 Å². The Kier molecular flexibility index (Phi) is 8.19. The Morgan fingerprint density at radius 3 is 2.67 bits per heavy atom. The summed E-state index contributed by atoms with van der Waals surface area (Å²) >= 11 is 0. The molecule has 0 aromatic heterocycles. The van der Waals surface area contributed by atoms with E-state index in [0.29, 0.717) is 13.0 Å². The summed E-state index contributed by atoms with van der Waals surface area (Å²) in [6.07, 6.45) is 4.91. The number of nitrogens with one attached hydrogen (secondary N) is 1. The van der Waals surface area contributed by atoms with Gasteiger partial charge in [0.1, 0.15) is 11.5 Å². The van der Waals surface area contributed by atoms with E-state index in [1.165, 1.54) is 12.7 Å². The lowest BCUT2D eigenvalue weighted by Gasteiger charge is -2.13. The molecular weight excluding hydrogens is 378 g/mol. The first kappa shape index (κ1) is 21.8. The van der Waals surface area contributed by atoms with Gasteiger partial charge in [-0.15, -0.1) is 0 Å². The van der Waals surface area contributed by atoms with Crippen LogP contribution in [0.3, 0.4) is 0 Å². The van der Waals surface area contributed by atoms with Gasteiger partial charge < -0.3 is 19.5 Å². The molecule has 0 amide bonds. The van der Waals surface area contributed by atoms with Gasteiger partial charge >= 0.3 is 5.97 Å². The molecule has 0 aliphatic carbocycles. The van der Waals surface area contributed by atoms with Crippen molar-refractivity contribution in [2.75, 3.05) is 13.7 Å². The maximum absolute atomic E-state index is 11.2. The minimum atomic E-state index is -0.144. The molecular formula is C25H31NO4. The average Bonchev–Trinajstić information content (AvgIpc) is 3.15. The van der Waals surface area contributed by atoms with E-state index in [4.69, 9.17) is 9.47 Å². The number of hydrogen-bond acceptors (Lipinski definition) is 5. The van der Waals surface area contributed by atoms with Crippen molar-refractivity contribution in [1.29, 1.82) is 0 Å². The van der Waals surface area contributed by atoms with Crippen molar-refractivity contribution in [3.63, 3.8) is 0 Å². The third-order valence-electron chi connectivity index (χ3n) is 5.19. The Bertz CT molecular complexity index is 847. The lowest BCUT2D eigenvalue weighted by Crippen LogP contribution is -2.16. The van der Waals surface area contributed by atoms with E-state index in [1.807, 2.05) is 37.3 Å². The SMILES string of the molecule is COC(=O)CCCCc1cccc(OCCCC2=C(C)OC(c3ccccc3)N2)c1. The van der Waals surface area contributed by atoms with Crippen molar-refractivity contribution in [2.24, 2.45) is 0 Å². The molecule has 3 rings (SSSR count). The molecule has 1 atom stereocenters. The molecule has 0 saturated heterocycles. The molecule has 160 valence electrons. The quantitative estimate of drug-likeness (QED) is 0.404. The highest BCUT2D eigenvalue weighted by Gasteiger charge is 2.22. The Morgan fingerprint density at radius 2 is 1.87 bits per heavy atom. The summed E-state index contributed by atoms with van der Waals surface area (Å²) in [5.74, 6) is 1.71. The van der Waals surface area contributed by atoms with Gasteiger partial charge in [0, 0.05) is 12.0 Å². The molecule has 0 spiro atoms. The van der Waals surface area contributed by atoms with Gasteiger partial charge in [-0.2, -0.15) is 0 Å². The first-order chi connectivity index (χ1) is 14.7. The second kappa shape index (κ2) is 11.3. The van der Waals surface area contributed by atoms with Gasteiger partial charge in [-0.1, -0.05) is 42.5 Å². The minimum absolute atomic E-state index is 0.0991. The van der Waals surface area contributed by atoms with E-state index in [2.05, 4.69) is 34.3 Å². The smallest absolute Gasteiger partial charge is 0.305 e. The topological polar surface area (TPSA) is 56.8 Å². The van der Waals surface area contributed by atoms with Crippen molar-refractivity contribution in [3.8, 4) is 5.75 Å². The highest BCUT2D eigenvalue weighted by molar-refractivity contribution is 5.68. The molecule has 0 bridgehead atoms. The van der Waals surface area contributed by atoms with Gasteiger partial charge in [0.15, 0.2) is 6.23 Å². The molecule has 0 radical (unpaired) electrons. The van der Waals surface area contributed by atoms with E-state index in [0.717, 1.165) is 54.9 Å². The van der Waals surface area contributed by atoms with Crippen molar-refractivity contribution in [2.45, 2.75) is 51.7 Å². The number of unbranched alkanes of at least 4 members (excludes halogenated alkanes) is 1. The van der Waals surface area contributed by atoms with Gasteiger partial charge in [-0.3, -0.25) is 4.79 Å². The van der Waals surface area contributed by atoms with Crippen LogP contribution in [0.4, 0.5) is 0 Å². The second-order valence-electron chi connectivity index (χ2n) is 7.47. The number of methoxy groups -OCH3 is 1. The third-order valence-corrected chi connectivity index (χ3v) is 5.19. The first-order valence-corrected chi connectivity index (χ1v) is 10.6. The molecule has 5 nitrogen and oxygen atoms in total. The number of rotatable bonds is 11. The normalized spacial score (nSPS) is 15.5. The van der Waals surface area contributed by atoms with Gasteiger partial charge in [0.25, 0.3) is 0 Å². The van der Waals surface area contributed by atoms with E-state index in [9.17, 15) is 4.79 Å². The molecule has 30 heavy (non-hydrogen) atoms. The highest BCUT2D eigenvalue weighted by Crippen LogP contribution is 2.28. The summed E-state index contributed by atoms with van der Waals surface area (Å²) in [7, 11) is 1.43. The number of carbonyl (C=O) groups is 1. The minimum Gasteiger partial charge on any atom is -0.494 e. The summed E-state index contributed by atoms with van der Waals surface area (Å²) in [6.45, 7) is 2.66. The molecule has 2 aromatic rings. The predicted molar refractivity (Wildman–Crippen MR) is 117 cm³/mol. The fraction of sp³-hybridized carbons (Fsp3) is 0.400. The number of ether oxygens (including phenoxy) is 3. The lowest BCUT2D eigenvalue weighted by atomic mass is 10.1. The molecule has 1 heterocycles. The van der Waals surface area contributed by atoms with E-state index in [1.54, 1.807) is 0 Å². The Hall–Kier alpha value is -2.95. The van der Waals surface area contributed by atoms with Crippen molar-refractivity contribution in [3.05, 3.63) is 77.2 Å². The van der Waals surface area contributed by atoms with Gasteiger partial charge in [0.2, 0.25) is 0 Å². The van der Waals surface area contributed by atoms with Crippen molar-refractivity contribution < 1.29 is 19.0 Å². The zero-order valence-electron chi connectivity index (χ0n) is 17.9. The molecule has 2 aromatic carbocycles. The Labute approximate surface area is 179 Å². The summed E-state index contributed by atoms with van der Waals surface area (Å²) < 4.78 is 16.6. The first-order valence-electron chi connectivity index (χ1n) is 10.6. The fourth-order valence-electron chi connectivity index (χ4n) is 3.49. The van der Waals surface area contributed by atoms with Crippen LogP contribution in [0.15, 0.2) is 66.1 Å². The standard InChI is InChI=1S/C25H31NO4/c1-19-23(26-25(30-19)21-12-4-3-5-13-21)15-9-17-29-22-14-8-11-20(18-22)10-6-7-16-24(27)28-2/h3-5,8,11-14,18,25-26H,6-7,9-10,15-17H2,1-2H3. The number of carbonyl (C=O) groups excluding carboxylic acids is 1. The number of allylic oxidation sites excluding steroid dienone is 2. The van der Waals surface area contributed by atoms with Crippen LogP contribution >= 0.6 is 0 Å². The van der Waals surface area contributed by atoms with Crippen LogP contribution < -0.4 is 10.1 Å².